The van der Waals surface area contributed by atoms with Gasteiger partial charge in [-0.15, -0.1) is 0 Å². The molecule has 9 heteroatoms. The maximum Gasteiger partial charge on any atom is 0.253 e. The molecule has 0 spiro atoms. The van der Waals surface area contributed by atoms with E-state index in [1.54, 1.807) is 0 Å². The largest absolute Gasteiger partial charge is 0.336 e. The van der Waals surface area contributed by atoms with Crippen molar-refractivity contribution in [3.8, 4) is 0 Å². The smallest absolute Gasteiger partial charge is 0.253 e. The molecule has 0 aliphatic carbocycles. The number of carbonyl (C=O) groups excluding carboxylic acids is 1. The highest BCUT2D eigenvalue weighted by molar-refractivity contribution is 5.94. The molecule has 3 unspecified atom stereocenters. The van der Waals surface area contributed by atoms with Crippen molar-refractivity contribution in [2.24, 2.45) is 11.8 Å². The number of fused-ring (bicyclic) bond motifs is 1. The van der Waals surface area contributed by atoms with Gasteiger partial charge in [0.1, 0.15) is 0 Å². The summed E-state index contributed by atoms with van der Waals surface area (Å²) in [4.78, 5) is 31.8. The van der Waals surface area contributed by atoms with E-state index in [0.29, 0.717) is 29.6 Å². The summed E-state index contributed by atoms with van der Waals surface area (Å²) in [5.74, 6) is 5.06. The molecule has 0 bridgehead atoms. The van der Waals surface area contributed by atoms with Crippen LogP contribution in [-0.4, -0.2) is 170 Å². The molecule has 0 saturated carbocycles. The summed E-state index contributed by atoms with van der Waals surface area (Å²) in [7, 11) is 6.56. The number of benzene rings is 5. The van der Waals surface area contributed by atoms with E-state index >= 15 is 0 Å². The number of hydrogen-bond donors (Lipinski definition) is 0. The van der Waals surface area contributed by atoms with Gasteiger partial charge in [-0.3, -0.25) is 24.4 Å². The molecule has 5 aromatic carbocycles. The van der Waals surface area contributed by atoms with Crippen LogP contribution in [0.4, 0.5) is 0 Å². The van der Waals surface area contributed by atoms with Crippen molar-refractivity contribution in [2.75, 3.05) is 119 Å². The molecule has 6 heterocycles. The number of rotatable bonds is 15. The van der Waals surface area contributed by atoms with Crippen molar-refractivity contribution in [3.63, 3.8) is 0 Å². The molecular formula is C78H122N8O. The average molecular weight is 1190 g/mol. The molecule has 3 atom stereocenters. The summed E-state index contributed by atoms with van der Waals surface area (Å²) in [6.07, 6.45) is 6.82. The number of likely N-dealkylation sites (tertiary alicyclic amines) is 4. The van der Waals surface area contributed by atoms with E-state index in [4.69, 9.17) is 0 Å². The molecule has 1 amide bonds. The van der Waals surface area contributed by atoms with Crippen LogP contribution >= 0.6 is 0 Å². The number of carbonyl (C=O) groups is 1. The Balaban J connectivity index is 0.000000174. The van der Waals surface area contributed by atoms with Crippen LogP contribution in [0.3, 0.4) is 0 Å². The first-order valence-electron chi connectivity index (χ1n) is 34.0. The van der Waals surface area contributed by atoms with Gasteiger partial charge in [-0.05, 0) is 177 Å². The second-order valence-electron chi connectivity index (χ2n) is 28.1. The maximum atomic E-state index is 12.3. The Morgan fingerprint density at radius 3 is 1.08 bits per heavy atom. The van der Waals surface area contributed by atoms with E-state index < -0.39 is 0 Å². The molecule has 0 radical (unpaired) electrons. The Labute approximate surface area is 532 Å². The fourth-order valence-corrected chi connectivity index (χ4v) is 13.2. The number of likely N-dealkylation sites (N-methyl/N-ethyl adjacent to an activating group) is 2. The minimum atomic E-state index is 0. The fourth-order valence-electron chi connectivity index (χ4n) is 13.2. The van der Waals surface area contributed by atoms with Crippen LogP contribution in [0.2, 0.25) is 0 Å². The third-order valence-electron chi connectivity index (χ3n) is 19.3. The Bertz CT molecular complexity index is 2650. The van der Waals surface area contributed by atoms with Gasteiger partial charge in [-0.25, -0.2) is 0 Å². The zero-order valence-corrected chi connectivity index (χ0v) is 56.6. The molecule has 9 nitrogen and oxygen atoms in total. The molecule has 0 N–H and O–H groups in total. The van der Waals surface area contributed by atoms with Crippen LogP contribution < -0.4 is 0 Å². The summed E-state index contributed by atoms with van der Waals surface area (Å²) in [6.45, 7) is 46.6. The van der Waals surface area contributed by atoms with Gasteiger partial charge in [0.25, 0.3) is 5.91 Å². The monoisotopic (exact) mass is 1190 g/mol. The molecule has 6 saturated heterocycles. The van der Waals surface area contributed by atoms with Gasteiger partial charge in [0.15, 0.2) is 0 Å². The van der Waals surface area contributed by atoms with E-state index in [-0.39, 0.29) is 13.3 Å². The van der Waals surface area contributed by atoms with Crippen molar-refractivity contribution < 1.29 is 4.79 Å². The molecule has 11 rings (SSSR count). The van der Waals surface area contributed by atoms with Crippen molar-refractivity contribution in [1.29, 1.82) is 0 Å². The molecule has 5 aromatic rings. The minimum absolute atomic E-state index is 0. The topological polar surface area (TPSA) is 43.0 Å². The first kappa shape index (κ1) is 71.4. The molecular weight excluding hydrogens is 1060 g/mol. The maximum absolute atomic E-state index is 12.3. The van der Waals surface area contributed by atoms with Gasteiger partial charge < -0.3 is 19.6 Å². The quantitative estimate of drug-likeness (QED) is 0.103. The third kappa shape index (κ3) is 23.2. The molecule has 6 aliphatic rings. The van der Waals surface area contributed by atoms with E-state index in [1.165, 1.54) is 154 Å². The van der Waals surface area contributed by atoms with Crippen LogP contribution in [0.5, 0.6) is 0 Å². The van der Waals surface area contributed by atoms with Crippen LogP contribution in [0, 0.1) is 11.8 Å². The summed E-state index contributed by atoms with van der Waals surface area (Å²) in [5, 5.41) is 0. The number of nitrogens with zero attached hydrogens (tertiary/aromatic N) is 8. The number of amides is 1. The Hall–Kier alpha value is -4.71. The lowest BCUT2D eigenvalue weighted by molar-refractivity contribution is 0.0664. The number of hydrogen-bond acceptors (Lipinski definition) is 8. The van der Waals surface area contributed by atoms with Crippen LogP contribution in [0.15, 0.2) is 121 Å². The Morgan fingerprint density at radius 1 is 0.379 bits per heavy atom. The normalized spacial score (nSPS) is 20.6. The van der Waals surface area contributed by atoms with Crippen molar-refractivity contribution in [1.82, 2.24) is 39.2 Å². The Morgan fingerprint density at radius 2 is 0.713 bits per heavy atom. The van der Waals surface area contributed by atoms with Gasteiger partial charge in [-0.1, -0.05) is 193 Å². The summed E-state index contributed by atoms with van der Waals surface area (Å²) in [6, 6.07) is 45.5. The predicted octanol–water partition coefficient (Wildman–Crippen LogP) is 15.8. The SMILES string of the molecule is C.CC(C)c1ccc(C(=O)N2CCN(C)CC2)cc1.CC(C)c1ccc(CN2CC3CN(C)CC3C2)cc1.CC(C)c1ccc(CN2CCCC2)cc1.CC(C)c1ccc(CN2CCN(C)CC2)cc1.CCC1CCCN1Cc1ccc(C(C)C)cc1. The molecule has 87 heavy (non-hydrogen) atoms. The zero-order chi connectivity index (χ0) is 61.7. The van der Waals surface area contributed by atoms with E-state index in [2.05, 4.69) is 241 Å². The highest BCUT2D eigenvalue weighted by atomic mass is 16.2. The second kappa shape index (κ2) is 36.2. The minimum Gasteiger partial charge on any atom is -0.336 e. The van der Waals surface area contributed by atoms with Gasteiger partial charge in [0, 0.05) is 116 Å². The first-order chi connectivity index (χ1) is 41.3. The predicted molar refractivity (Wildman–Crippen MR) is 374 cm³/mol. The standard InChI is InChI=1S/C17H26N2.C16H25N.C15H22N2O.C15H24N2.C14H21N.CH4/c1-13(2)15-6-4-14(5-7-15)8-19-11-16-9-18(3)10-17(16)12-19;1-4-16-6-5-11-17(16)12-14-7-9-15(10-8-14)13(2)3;1-12(2)13-4-6-14(7-5-13)15(18)17-10-8-16(3)9-11-17;1-13(2)15-6-4-14(5-7-15)12-17-10-8-16(3)9-11-17;1-12(2)14-7-5-13(6-8-14)11-15-9-3-4-10-15;/h4-7,13,16-17H,8-12H2,1-3H3;7-10,13,16H,4-6,11-12H2,1-3H3;4-7,12H,8-11H2,1-3H3;4-7,13H,8-12H2,1-3H3;5-8,12H,3-4,9-11H2,1-2H3;1H4. The van der Waals surface area contributed by atoms with Gasteiger partial charge in [-0.2, -0.15) is 0 Å². The second-order valence-corrected chi connectivity index (χ2v) is 28.1. The van der Waals surface area contributed by atoms with Gasteiger partial charge in [0.05, 0.1) is 0 Å². The number of piperazine rings is 2. The molecule has 480 valence electrons. The summed E-state index contributed by atoms with van der Waals surface area (Å²) in [5.41, 5.74) is 13.7. The van der Waals surface area contributed by atoms with Crippen LogP contribution in [-0.2, 0) is 26.2 Å². The highest BCUT2D eigenvalue weighted by Gasteiger charge is 2.38. The van der Waals surface area contributed by atoms with E-state index in [1.807, 2.05) is 17.0 Å². The zero-order valence-electron chi connectivity index (χ0n) is 56.6. The fraction of sp³-hybridized carbons (Fsp3) is 0.603. The summed E-state index contributed by atoms with van der Waals surface area (Å²) < 4.78 is 0. The lowest BCUT2D eigenvalue weighted by Crippen LogP contribution is -2.47. The van der Waals surface area contributed by atoms with E-state index in [9.17, 15) is 4.79 Å². The molecule has 0 aromatic heterocycles. The van der Waals surface area contributed by atoms with Crippen molar-refractivity contribution >= 4 is 5.91 Å². The lowest BCUT2D eigenvalue weighted by Gasteiger charge is -2.32. The average Bonchev–Trinajstić information content (AvgIpc) is 2.57. The highest BCUT2D eigenvalue weighted by Crippen LogP contribution is 2.31. The van der Waals surface area contributed by atoms with Crippen LogP contribution in [0.25, 0.3) is 0 Å². The van der Waals surface area contributed by atoms with E-state index in [0.717, 1.165) is 75.8 Å². The first-order valence-corrected chi connectivity index (χ1v) is 34.0. The van der Waals surface area contributed by atoms with Gasteiger partial charge >= 0.3 is 0 Å². The van der Waals surface area contributed by atoms with Crippen molar-refractivity contribution in [3.05, 3.63) is 177 Å². The molecule has 6 fully saturated rings. The summed E-state index contributed by atoms with van der Waals surface area (Å²) >= 11 is 0. The van der Waals surface area contributed by atoms with Crippen molar-refractivity contribution in [2.45, 2.75) is 178 Å². The molecule has 6 aliphatic heterocycles. The Kier molecular flexibility index (Phi) is 29.7. The lowest BCUT2D eigenvalue weighted by atomic mass is 10.0. The third-order valence-corrected chi connectivity index (χ3v) is 19.3. The van der Waals surface area contributed by atoms with Gasteiger partial charge in [0.2, 0.25) is 0 Å². The van der Waals surface area contributed by atoms with Crippen LogP contribution in [0.1, 0.15) is 206 Å².